The second kappa shape index (κ2) is 10.1. The third-order valence-electron chi connectivity index (χ3n) is 5.06. The van der Waals surface area contributed by atoms with Crippen molar-refractivity contribution in [2.75, 3.05) is 31.7 Å². The zero-order chi connectivity index (χ0) is 20.6. The molecule has 1 heterocycles. The lowest BCUT2D eigenvalue weighted by atomic mass is 10.1. The standard InChI is InChI=1S/C24H29NO4/c1-3-16-29-23-11-5-18(17-24(23)28-2)4-10-22(27)19-6-8-20(9-7-19)25-14-12-21(26)13-15-25/h4-11,17,21,26H,3,12-16H2,1-2H3/b10-4+. The highest BCUT2D eigenvalue weighted by atomic mass is 16.5. The number of rotatable bonds is 8. The van der Waals surface area contributed by atoms with Crippen molar-refractivity contribution in [3.05, 3.63) is 59.7 Å². The van der Waals surface area contributed by atoms with E-state index in [1.54, 1.807) is 19.3 Å². The van der Waals surface area contributed by atoms with E-state index in [2.05, 4.69) is 11.8 Å². The summed E-state index contributed by atoms with van der Waals surface area (Å²) in [6.45, 7) is 4.37. The third-order valence-corrected chi connectivity index (χ3v) is 5.06. The lowest BCUT2D eigenvalue weighted by molar-refractivity contribution is 0.104. The van der Waals surface area contributed by atoms with Gasteiger partial charge in [0.25, 0.3) is 0 Å². The van der Waals surface area contributed by atoms with E-state index in [4.69, 9.17) is 9.47 Å². The predicted molar refractivity (Wildman–Crippen MR) is 116 cm³/mol. The molecule has 1 N–H and O–H groups in total. The highest BCUT2D eigenvalue weighted by molar-refractivity contribution is 6.07. The van der Waals surface area contributed by atoms with Crippen LogP contribution in [-0.2, 0) is 0 Å². The van der Waals surface area contributed by atoms with Gasteiger partial charge in [0.15, 0.2) is 17.3 Å². The largest absolute Gasteiger partial charge is 0.493 e. The third kappa shape index (κ3) is 5.61. The average Bonchev–Trinajstić information content (AvgIpc) is 2.77. The van der Waals surface area contributed by atoms with Gasteiger partial charge < -0.3 is 19.5 Å². The van der Waals surface area contributed by atoms with Gasteiger partial charge in [0, 0.05) is 24.3 Å². The number of aliphatic hydroxyl groups is 1. The molecule has 2 aromatic carbocycles. The Morgan fingerprint density at radius 1 is 1.14 bits per heavy atom. The summed E-state index contributed by atoms with van der Waals surface area (Å²) in [5.41, 5.74) is 2.62. The monoisotopic (exact) mass is 395 g/mol. The lowest BCUT2D eigenvalue weighted by Gasteiger charge is -2.31. The predicted octanol–water partition coefficient (Wildman–Crippen LogP) is 4.34. The van der Waals surface area contributed by atoms with Gasteiger partial charge in [0.05, 0.1) is 19.8 Å². The summed E-state index contributed by atoms with van der Waals surface area (Å²) in [5.74, 6) is 1.32. The van der Waals surface area contributed by atoms with Crippen LogP contribution in [0.3, 0.4) is 0 Å². The van der Waals surface area contributed by atoms with E-state index >= 15 is 0 Å². The van der Waals surface area contributed by atoms with Crippen LogP contribution in [0.2, 0.25) is 0 Å². The molecule has 0 radical (unpaired) electrons. The quantitative estimate of drug-likeness (QED) is 0.532. The molecule has 0 atom stereocenters. The van der Waals surface area contributed by atoms with Crippen LogP contribution in [0.5, 0.6) is 11.5 Å². The molecule has 0 amide bonds. The molecule has 1 fully saturated rings. The molecule has 29 heavy (non-hydrogen) atoms. The number of carbonyl (C=O) groups excluding carboxylic acids is 1. The first-order valence-electron chi connectivity index (χ1n) is 10.2. The normalized spacial score (nSPS) is 14.9. The maximum Gasteiger partial charge on any atom is 0.185 e. The maximum atomic E-state index is 12.5. The fourth-order valence-electron chi connectivity index (χ4n) is 3.35. The maximum absolute atomic E-state index is 12.5. The molecule has 0 spiro atoms. The van der Waals surface area contributed by atoms with Crippen LogP contribution in [0.4, 0.5) is 5.69 Å². The molecule has 1 saturated heterocycles. The number of allylic oxidation sites excluding steroid dienone is 1. The number of nitrogens with zero attached hydrogens (tertiary/aromatic N) is 1. The van der Waals surface area contributed by atoms with Gasteiger partial charge in [0.2, 0.25) is 0 Å². The second-order valence-electron chi connectivity index (χ2n) is 7.22. The smallest absolute Gasteiger partial charge is 0.185 e. The molecule has 0 bridgehead atoms. The van der Waals surface area contributed by atoms with Crippen LogP contribution in [0.1, 0.15) is 42.1 Å². The Morgan fingerprint density at radius 3 is 2.52 bits per heavy atom. The highest BCUT2D eigenvalue weighted by Gasteiger charge is 2.17. The number of ether oxygens (including phenoxy) is 2. The molecule has 0 saturated carbocycles. The first-order valence-corrected chi connectivity index (χ1v) is 10.2. The first kappa shape index (κ1) is 20.9. The molecule has 1 aliphatic rings. The topological polar surface area (TPSA) is 59.0 Å². The highest BCUT2D eigenvalue weighted by Crippen LogP contribution is 2.29. The molecule has 2 aromatic rings. The van der Waals surface area contributed by atoms with E-state index in [0.29, 0.717) is 23.7 Å². The van der Waals surface area contributed by atoms with Gasteiger partial charge in [-0.2, -0.15) is 0 Å². The number of anilines is 1. The zero-order valence-corrected chi connectivity index (χ0v) is 17.1. The minimum atomic E-state index is -0.192. The van der Waals surface area contributed by atoms with Crippen molar-refractivity contribution in [3.8, 4) is 11.5 Å². The number of benzene rings is 2. The molecule has 3 rings (SSSR count). The van der Waals surface area contributed by atoms with Crippen LogP contribution in [0.15, 0.2) is 48.5 Å². The Hall–Kier alpha value is -2.79. The van der Waals surface area contributed by atoms with Gasteiger partial charge in [-0.1, -0.05) is 19.1 Å². The Morgan fingerprint density at radius 2 is 1.86 bits per heavy atom. The van der Waals surface area contributed by atoms with Crippen molar-refractivity contribution in [2.24, 2.45) is 0 Å². The summed E-state index contributed by atoms with van der Waals surface area (Å²) in [6.07, 6.45) is 5.67. The van der Waals surface area contributed by atoms with Crippen LogP contribution < -0.4 is 14.4 Å². The van der Waals surface area contributed by atoms with Gasteiger partial charge in [-0.15, -0.1) is 0 Å². The fraction of sp³-hybridized carbons (Fsp3) is 0.375. The molecular formula is C24H29NO4. The minimum absolute atomic E-state index is 0.0455. The SMILES string of the molecule is CCCOc1ccc(/C=C/C(=O)c2ccc(N3CCC(O)CC3)cc2)cc1OC. The number of piperidine rings is 1. The van der Waals surface area contributed by atoms with Crippen molar-refractivity contribution in [1.29, 1.82) is 0 Å². The summed E-state index contributed by atoms with van der Waals surface area (Å²) in [7, 11) is 1.61. The number of ketones is 1. The summed E-state index contributed by atoms with van der Waals surface area (Å²) in [5, 5.41) is 9.64. The van der Waals surface area contributed by atoms with Crippen LogP contribution in [0, 0.1) is 0 Å². The van der Waals surface area contributed by atoms with Crippen molar-refractivity contribution < 1.29 is 19.4 Å². The summed E-state index contributed by atoms with van der Waals surface area (Å²) >= 11 is 0. The number of aliphatic hydroxyl groups excluding tert-OH is 1. The molecule has 5 nitrogen and oxygen atoms in total. The Bertz CT molecular complexity index is 836. The molecule has 0 aromatic heterocycles. The van der Waals surface area contributed by atoms with Gasteiger partial charge in [-0.05, 0) is 67.3 Å². The van der Waals surface area contributed by atoms with E-state index in [1.165, 1.54) is 0 Å². The van der Waals surface area contributed by atoms with Crippen LogP contribution in [0.25, 0.3) is 6.08 Å². The average molecular weight is 395 g/mol. The van der Waals surface area contributed by atoms with E-state index in [-0.39, 0.29) is 11.9 Å². The van der Waals surface area contributed by atoms with Crippen LogP contribution >= 0.6 is 0 Å². The lowest BCUT2D eigenvalue weighted by Crippen LogP contribution is -2.35. The van der Waals surface area contributed by atoms with E-state index in [9.17, 15) is 9.90 Å². The van der Waals surface area contributed by atoms with Gasteiger partial charge in [0.1, 0.15) is 0 Å². The van der Waals surface area contributed by atoms with Gasteiger partial charge in [-0.3, -0.25) is 4.79 Å². The van der Waals surface area contributed by atoms with E-state index in [1.807, 2.05) is 42.5 Å². The molecule has 5 heteroatoms. The Kier molecular flexibility index (Phi) is 7.30. The van der Waals surface area contributed by atoms with Crippen LogP contribution in [-0.4, -0.2) is 43.8 Å². The van der Waals surface area contributed by atoms with E-state index < -0.39 is 0 Å². The van der Waals surface area contributed by atoms with Gasteiger partial charge in [-0.25, -0.2) is 0 Å². The Labute approximate surface area is 172 Å². The van der Waals surface area contributed by atoms with Crippen molar-refractivity contribution in [3.63, 3.8) is 0 Å². The second-order valence-corrected chi connectivity index (χ2v) is 7.22. The number of methoxy groups -OCH3 is 1. The number of hydrogen-bond acceptors (Lipinski definition) is 5. The van der Waals surface area contributed by atoms with Crippen molar-refractivity contribution in [2.45, 2.75) is 32.3 Å². The first-order chi connectivity index (χ1) is 14.1. The molecule has 0 unspecified atom stereocenters. The zero-order valence-electron chi connectivity index (χ0n) is 17.1. The van der Waals surface area contributed by atoms with Crippen molar-refractivity contribution in [1.82, 2.24) is 0 Å². The molecule has 1 aliphatic heterocycles. The van der Waals surface area contributed by atoms with E-state index in [0.717, 1.165) is 43.6 Å². The summed E-state index contributed by atoms with van der Waals surface area (Å²) in [4.78, 5) is 14.8. The molecule has 0 aliphatic carbocycles. The van der Waals surface area contributed by atoms with Gasteiger partial charge >= 0.3 is 0 Å². The van der Waals surface area contributed by atoms with Crippen molar-refractivity contribution >= 4 is 17.5 Å². The fourth-order valence-corrected chi connectivity index (χ4v) is 3.35. The Balaban J connectivity index is 1.64. The molecular weight excluding hydrogens is 366 g/mol. The summed E-state index contributed by atoms with van der Waals surface area (Å²) in [6, 6.07) is 13.3. The summed E-state index contributed by atoms with van der Waals surface area (Å²) < 4.78 is 11.0. The number of carbonyl (C=O) groups is 1. The number of hydrogen-bond donors (Lipinski definition) is 1. The minimum Gasteiger partial charge on any atom is -0.493 e. The molecule has 154 valence electrons.